The number of benzene rings is 1. The van der Waals surface area contributed by atoms with Crippen LogP contribution in [-0.2, 0) is 11.3 Å². The highest BCUT2D eigenvalue weighted by molar-refractivity contribution is 6.31. The van der Waals surface area contributed by atoms with Crippen molar-refractivity contribution in [2.24, 2.45) is 0 Å². The summed E-state index contributed by atoms with van der Waals surface area (Å²) in [6, 6.07) is 4.49. The summed E-state index contributed by atoms with van der Waals surface area (Å²) in [5, 5.41) is 16.9. The van der Waals surface area contributed by atoms with Crippen molar-refractivity contribution < 1.29 is 23.1 Å². The van der Waals surface area contributed by atoms with Crippen LogP contribution in [0, 0.1) is 0 Å². The predicted octanol–water partition coefficient (Wildman–Crippen LogP) is 3.52. The van der Waals surface area contributed by atoms with Crippen molar-refractivity contribution in [2.75, 3.05) is 43.9 Å². The third-order valence-electron chi connectivity index (χ3n) is 7.04. The fourth-order valence-electron chi connectivity index (χ4n) is 5.14. The van der Waals surface area contributed by atoms with E-state index >= 15 is 0 Å². The van der Waals surface area contributed by atoms with Crippen molar-refractivity contribution in [3.05, 3.63) is 41.2 Å². The number of piperazine rings is 1. The molecule has 1 atom stereocenters. The maximum Gasteiger partial charge on any atom is 0.387 e. The number of anilines is 2. The molecular formula is C25H29ClF2N8O3. The Hall–Kier alpha value is -3.71. The number of halogens is 3. The van der Waals surface area contributed by atoms with Gasteiger partial charge in [-0.1, -0.05) is 18.0 Å². The van der Waals surface area contributed by atoms with E-state index in [0.29, 0.717) is 24.9 Å². The Morgan fingerprint density at radius 2 is 2.10 bits per heavy atom. The number of piperidine rings is 1. The van der Waals surface area contributed by atoms with Crippen LogP contribution in [0.5, 0.6) is 5.75 Å². The summed E-state index contributed by atoms with van der Waals surface area (Å²) in [6.45, 7) is -0.000956. The number of rotatable bonds is 8. The maximum absolute atomic E-state index is 13.3. The summed E-state index contributed by atoms with van der Waals surface area (Å²) < 4.78 is 32.4. The molecule has 2 amide bonds. The Morgan fingerprint density at radius 1 is 1.26 bits per heavy atom. The lowest BCUT2D eigenvalue weighted by molar-refractivity contribution is -0.135. The Labute approximate surface area is 228 Å². The number of nitrogens with zero attached hydrogens (tertiary/aromatic N) is 5. The number of nitrogens with one attached hydrogen (secondary N) is 3. The molecule has 2 aromatic heterocycles. The number of carbonyl (C=O) groups is 2. The molecule has 0 bridgehead atoms. The molecule has 1 unspecified atom stereocenters. The van der Waals surface area contributed by atoms with Crippen molar-refractivity contribution in [3.8, 4) is 17.0 Å². The van der Waals surface area contributed by atoms with E-state index in [9.17, 15) is 18.4 Å². The lowest BCUT2D eigenvalue weighted by Crippen LogP contribution is -2.56. The highest BCUT2D eigenvalue weighted by atomic mass is 35.5. The minimum absolute atomic E-state index is 0.0886. The Kier molecular flexibility index (Phi) is 7.98. The molecule has 11 nitrogen and oxygen atoms in total. The molecule has 14 heteroatoms. The minimum Gasteiger partial charge on any atom is -0.434 e. The van der Waals surface area contributed by atoms with Crippen LogP contribution >= 0.6 is 11.6 Å². The van der Waals surface area contributed by atoms with E-state index in [0.717, 1.165) is 25.9 Å². The molecule has 0 radical (unpaired) electrons. The van der Waals surface area contributed by atoms with Crippen LogP contribution in [0.25, 0.3) is 11.3 Å². The monoisotopic (exact) mass is 562 g/mol. The zero-order chi connectivity index (χ0) is 27.5. The van der Waals surface area contributed by atoms with Crippen molar-refractivity contribution in [1.82, 2.24) is 29.8 Å². The number of amides is 2. The first kappa shape index (κ1) is 26.9. The van der Waals surface area contributed by atoms with Crippen molar-refractivity contribution >= 4 is 34.9 Å². The molecule has 1 aromatic carbocycles. The molecular weight excluding hydrogens is 534 g/mol. The van der Waals surface area contributed by atoms with Crippen LogP contribution in [0.15, 0.2) is 30.6 Å². The summed E-state index contributed by atoms with van der Waals surface area (Å²) in [7, 11) is 1.63. The van der Waals surface area contributed by atoms with E-state index in [1.54, 1.807) is 7.05 Å². The Bertz CT molecular complexity index is 1350. The van der Waals surface area contributed by atoms with Crippen LogP contribution < -0.4 is 15.4 Å². The summed E-state index contributed by atoms with van der Waals surface area (Å²) in [5.74, 6) is -0.418. The first-order chi connectivity index (χ1) is 18.8. The van der Waals surface area contributed by atoms with Crippen LogP contribution in [0.4, 0.5) is 20.3 Å². The van der Waals surface area contributed by atoms with Crippen LogP contribution in [0.1, 0.15) is 29.6 Å². The van der Waals surface area contributed by atoms with Gasteiger partial charge in [0.1, 0.15) is 29.4 Å². The molecule has 2 aliphatic heterocycles. The Balaban J connectivity index is 1.44. The SMILES string of the molecule is CNc1[nH]ncc1C(=O)Nc1cn(CC(=O)N2CCN3CCCCC3C2)nc1-c1cc(Cl)ccc1OC(F)F. The van der Waals surface area contributed by atoms with Gasteiger partial charge in [0.2, 0.25) is 5.91 Å². The van der Waals surface area contributed by atoms with E-state index in [2.05, 4.69) is 30.8 Å². The number of fused-ring (bicyclic) bond motifs is 1. The second kappa shape index (κ2) is 11.6. The largest absolute Gasteiger partial charge is 0.434 e. The number of hydrogen-bond acceptors (Lipinski definition) is 7. The average Bonchev–Trinajstić information content (AvgIpc) is 3.56. The van der Waals surface area contributed by atoms with E-state index in [1.807, 2.05) is 4.90 Å². The fraction of sp³-hybridized carbons (Fsp3) is 0.440. The number of aromatic nitrogens is 4. The maximum atomic E-state index is 13.3. The number of ether oxygens (including phenoxy) is 1. The van der Waals surface area contributed by atoms with Crippen LogP contribution in [0.2, 0.25) is 5.02 Å². The topological polar surface area (TPSA) is 120 Å². The lowest BCUT2D eigenvalue weighted by atomic mass is 9.99. The smallest absolute Gasteiger partial charge is 0.387 e. The lowest BCUT2D eigenvalue weighted by Gasteiger charge is -2.44. The normalized spacial score (nSPS) is 17.7. The van der Waals surface area contributed by atoms with Gasteiger partial charge >= 0.3 is 6.61 Å². The van der Waals surface area contributed by atoms with Crippen molar-refractivity contribution in [3.63, 3.8) is 0 Å². The molecule has 0 spiro atoms. The zero-order valence-electron chi connectivity index (χ0n) is 21.3. The molecule has 208 valence electrons. The molecule has 3 N–H and O–H groups in total. The third kappa shape index (κ3) is 5.98. The van der Waals surface area contributed by atoms with E-state index < -0.39 is 12.5 Å². The van der Waals surface area contributed by atoms with Gasteiger partial charge in [0.25, 0.3) is 5.91 Å². The van der Waals surface area contributed by atoms with Crippen LogP contribution in [0.3, 0.4) is 0 Å². The van der Waals surface area contributed by atoms with Crippen molar-refractivity contribution in [2.45, 2.75) is 38.5 Å². The zero-order valence-corrected chi connectivity index (χ0v) is 22.0. The molecule has 39 heavy (non-hydrogen) atoms. The summed E-state index contributed by atoms with van der Waals surface area (Å²) in [4.78, 5) is 30.6. The van der Waals surface area contributed by atoms with Crippen molar-refractivity contribution in [1.29, 1.82) is 0 Å². The predicted molar refractivity (Wildman–Crippen MR) is 141 cm³/mol. The first-order valence-electron chi connectivity index (χ1n) is 12.7. The highest BCUT2D eigenvalue weighted by Gasteiger charge is 2.31. The van der Waals surface area contributed by atoms with Gasteiger partial charge in [0, 0.05) is 49.5 Å². The number of hydrogen-bond donors (Lipinski definition) is 3. The molecule has 2 aliphatic rings. The van der Waals surface area contributed by atoms with E-state index in [4.69, 9.17) is 16.3 Å². The molecule has 0 aliphatic carbocycles. The van der Waals surface area contributed by atoms with Gasteiger partial charge in [-0.15, -0.1) is 0 Å². The van der Waals surface area contributed by atoms with Gasteiger partial charge in [0.05, 0.1) is 11.9 Å². The number of H-pyrrole nitrogens is 1. The highest BCUT2D eigenvalue weighted by Crippen LogP contribution is 2.37. The summed E-state index contributed by atoms with van der Waals surface area (Å²) >= 11 is 6.18. The number of aromatic amines is 1. The van der Waals surface area contributed by atoms with Gasteiger partial charge in [-0.05, 0) is 37.6 Å². The Morgan fingerprint density at radius 3 is 2.90 bits per heavy atom. The average molecular weight is 563 g/mol. The minimum atomic E-state index is -3.09. The second-order valence-electron chi connectivity index (χ2n) is 9.50. The van der Waals surface area contributed by atoms with Gasteiger partial charge in [-0.25, -0.2) is 0 Å². The van der Waals surface area contributed by atoms with Gasteiger partial charge in [-0.2, -0.15) is 19.0 Å². The first-order valence-corrected chi connectivity index (χ1v) is 13.1. The van der Waals surface area contributed by atoms with E-state index in [1.165, 1.54) is 41.7 Å². The third-order valence-corrected chi connectivity index (χ3v) is 7.28. The number of carbonyl (C=O) groups excluding carboxylic acids is 2. The quantitative estimate of drug-likeness (QED) is 0.384. The molecule has 0 saturated carbocycles. The van der Waals surface area contributed by atoms with Crippen LogP contribution in [-0.4, -0.2) is 87.5 Å². The molecule has 5 rings (SSSR count). The molecule has 2 fully saturated rings. The second-order valence-corrected chi connectivity index (χ2v) is 9.93. The molecule has 2 saturated heterocycles. The van der Waals surface area contributed by atoms with Gasteiger partial charge in [0.15, 0.2) is 0 Å². The standard InChI is InChI=1S/C25H29ClF2N8O3/c1-29-23-18(11-30-32-23)24(38)31-19-13-36(14-21(37)35-9-8-34-7-3-2-4-16(34)12-35)33-22(19)17-10-15(26)5-6-20(17)39-25(27)28/h5-6,10-11,13,16,25H,2-4,7-9,12,14H2,1H3,(H,31,38)(H2,29,30,32). The fourth-order valence-corrected chi connectivity index (χ4v) is 5.31. The molecule has 3 aromatic rings. The number of alkyl halides is 2. The van der Waals surface area contributed by atoms with E-state index in [-0.39, 0.29) is 45.7 Å². The summed E-state index contributed by atoms with van der Waals surface area (Å²) in [5.41, 5.74) is 0.685. The molecule has 4 heterocycles. The summed E-state index contributed by atoms with van der Waals surface area (Å²) in [6.07, 6.45) is 6.25. The van der Waals surface area contributed by atoms with Gasteiger partial charge < -0.3 is 20.3 Å². The van der Waals surface area contributed by atoms with Gasteiger partial charge in [-0.3, -0.25) is 24.3 Å².